The zero-order valence-corrected chi connectivity index (χ0v) is 14.8. The number of aromatic nitrogens is 3. The Labute approximate surface area is 155 Å². The number of carbonyl (C=O) groups is 2. The van der Waals surface area contributed by atoms with Gasteiger partial charge in [0, 0.05) is 56.7 Å². The van der Waals surface area contributed by atoms with Crippen LogP contribution in [0.2, 0.25) is 0 Å². The number of hydrogen-bond acceptors (Lipinski definition) is 8. The monoisotopic (exact) mass is 372 g/mol. The van der Waals surface area contributed by atoms with Crippen LogP contribution in [-0.2, 0) is 20.7 Å². The normalized spacial score (nSPS) is 18.4. The first-order valence-electron chi connectivity index (χ1n) is 9.00. The van der Waals surface area contributed by atoms with Crippen LogP contribution in [-0.4, -0.2) is 57.4 Å². The number of nitrogens with zero attached hydrogens (tertiary/aromatic N) is 4. The topological polar surface area (TPSA) is 108 Å². The molecule has 2 saturated heterocycles. The molecule has 2 aromatic rings. The highest BCUT2D eigenvalue weighted by molar-refractivity contribution is 5.76. The summed E-state index contributed by atoms with van der Waals surface area (Å²) in [5.74, 6) is 1.12. The third-order valence-corrected chi connectivity index (χ3v) is 4.97. The summed E-state index contributed by atoms with van der Waals surface area (Å²) in [5, 5.41) is 3.96. The summed E-state index contributed by atoms with van der Waals surface area (Å²) >= 11 is 0. The highest BCUT2D eigenvalue weighted by Crippen LogP contribution is 2.31. The molecule has 1 spiro atoms. The summed E-state index contributed by atoms with van der Waals surface area (Å²) in [6.07, 6.45) is 5.56. The fourth-order valence-corrected chi connectivity index (χ4v) is 3.36. The van der Waals surface area contributed by atoms with E-state index >= 15 is 0 Å². The molecule has 142 valence electrons. The summed E-state index contributed by atoms with van der Waals surface area (Å²) in [5.41, 5.74) is 0.302. The van der Waals surface area contributed by atoms with Crippen LogP contribution >= 0.6 is 0 Å². The zero-order chi connectivity index (χ0) is 18.7. The van der Waals surface area contributed by atoms with Crippen LogP contribution in [0.1, 0.15) is 31.6 Å². The van der Waals surface area contributed by atoms with Crippen LogP contribution in [0, 0.1) is 0 Å². The maximum absolute atomic E-state index is 12.4. The molecule has 4 heterocycles. The molecule has 0 bridgehead atoms. The van der Waals surface area contributed by atoms with Crippen LogP contribution in [0.4, 0.5) is 4.79 Å². The molecule has 2 aliphatic heterocycles. The largest absolute Gasteiger partial charge is 0.509 e. The number of ether oxygens (including phenoxy) is 2. The molecule has 4 rings (SSSR count). The minimum Gasteiger partial charge on any atom is -0.430 e. The number of amides is 1. The van der Waals surface area contributed by atoms with Gasteiger partial charge in [-0.1, -0.05) is 5.16 Å². The lowest BCUT2D eigenvalue weighted by molar-refractivity contribution is -0.134. The fourth-order valence-electron chi connectivity index (χ4n) is 3.36. The maximum atomic E-state index is 12.4. The molecule has 0 saturated carbocycles. The number of piperidine rings is 1. The number of carbonyl (C=O) groups excluding carboxylic acids is 2. The molecular weight excluding hydrogens is 352 g/mol. The molecule has 0 aliphatic carbocycles. The second-order valence-corrected chi connectivity index (χ2v) is 6.81. The third-order valence-electron chi connectivity index (χ3n) is 4.97. The zero-order valence-electron chi connectivity index (χ0n) is 14.8. The summed E-state index contributed by atoms with van der Waals surface area (Å²) in [6.45, 7) is 1.43. The van der Waals surface area contributed by atoms with Gasteiger partial charge < -0.3 is 18.9 Å². The minimum atomic E-state index is -0.611. The Hall–Kier alpha value is -2.97. The molecule has 0 N–H and O–H groups in total. The van der Waals surface area contributed by atoms with Gasteiger partial charge in [0.25, 0.3) is 0 Å². The molecule has 9 nitrogen and oxygen atoms in total. The SMILES string of the molecule is O=C1OCC2(CCN(C(=O)CCCc3nc(-c4ccncc4)no3)CC2)O1. The Morgan fingerprint density at radius 1 is 1.22 bits per heavy atom. The van der Waals surface area contributed by atoms with Crippen molar-refractivity contribution in [1.82, 2.24) is 20.0 Å². The van der Waals surface area contributed by atoms with Gasteiger partial charge in [-0.25, -0.2) is 4.79 Å². The van der Waals surface area contributed by atoms with Gasteiger partial charge in [0.2, 0.25) is 17.6 Å². The van der Waals surface area contributed by atoms with E-state index in [0.717, 1.165) is 5.56 Å². The first-order chi connectivity index (χ1) is 13.1. The number of rotatable bonds is 5. The Kier molecular flexibility index (Phi) is 4.74. The number of hydrogen-bond donors (Lipinski definition) is 0. The Bertz CT molecular complexity index is 814. The van der Waals surface area contributed by atoms with Gasteiger partial charge in [0.15, 0.2) is 5.60 Å². The standard InChI is InChI=1S/C18H20N4O5/c23-15(22-10-6-18(7-11-22)12-25-17(24)26-18)3-1-2-14-20-16(21-27-14)13-4-8-19-9-5-13/h4-5,8-9H,1-3,6-7,10-12H2. The Balaban J connectivity index is 1.22. The van der Waals surface area contributed by atoms with E-state index in [0.29, 0.717) is 56.9 Å². The molecule has 27 heavy (non-hydrogen) atoms. The highest BCUT2D eigenvalue weighted by atomic mass is 16.8. The van der Waals surface area contributed by atoms with Crippen molar-refractivity contribution in [3.05, 3.63) is 30.4 Å². The Morgan fingerprint density at radius 3 is 2.70 bits per heavy atom. The number of aryl methyl sites for hydroxylation is 1. The molecule has 0 atom stereocenters. The fraction of sp³-hybridized carbons (Fsp3) is 0.500. The first-order valence-corrected chi connectivity index (χ1v) is 9.00. The van der Waals surface area contributed by atoms with Gasteiger partial charge in [0.05, 0.1) is 0 Å². The molecule has 1 amide bonds. The average molecular weight is 372 g/mol. The highest BCUT2D eigenvalue weighted by Gasteiger charge is 2.45. The lowest BCUT2D eigenvalue weighted by Gasteiger charge is -2.36. The predicted molar refractivity (Wildman–Crippen MR) is 91.4 cm³/mol. The van der Waals surface area contributed by atoms with E-state index in [1.54, 1.807) is 12.4 Å². The van der Waals surface area contributed by atoms with Crippen LogP contribution in [0.5, 0.6) is 0 Å². The van der Waals surface area contributed by atoms with Gasteiger partial charge in [-0.3, -0.25) is 9.78 Å². The van der Waals surface area contributed by atoms with Gasteiger partial charge in [-0.05, 0) is 18.6 Å². The molecule has 9 heteroatoms. The maximum Gasteiger partial charge on any atom is 0.509 e. The van der Waals surface area contributed by atoms with Crippen molar-refractivity contribution in [3.63, 3.8) is 0 Å². The van der Waals surface area contributed by atoms with E-state index in [-0.39, 0.29) is 12.5 Å². The van der Waals surface area contributed by atoms with Crippen molar-refractivity contribution in [2.24, 2.45) is 0 Å². The first kappa shape index (κ1) is 17.4. The van der Waals surface area contributed by atoms with E-state index < -0.39 is 11.8 Å². The van der Waals surface area contributed by atoms with E-state index in [9.17, 15) is 9.59 Å². The van der Waals surface area contributed by atoms with E-state index in [2.05, 4.69) is 15.1 Å². The smallest absolute Gasteiger partial charge is 0.430 e. The summed E-state index contributed by atoms with van der Waals surface area (Å²) in [4.78, 5) is 33.7. The average Bonchev–Trinajstić information content (AvgIpc) is 3.30. The quantitative estimate of drug-likeness (QED) is 0.733. The van der Waals surface area contributed by atoms with Crippen LogP contribution < -0.4 is 0 Å². The molecule has 0 aromatic carbocycles. The van der Waals surface area contributed by atoms with Gasteiger partial charge >= 0.3 is 6.16 Å². The van der Waals surface area contributed by atoms with Crippen molar-refractivity contribution in [3.8, 4) is 11.4 Å². The molecule has 2 aliphatic rings. The number of pyridine rings is 1. The molecule has 0 unspecified atom stereocenters. The Morgan fingerprint density at radius 2 is 2.00 bits per heavy atom. The van der Waals surface area contributed by atoms with Crippen molar-refractivity contribution in [1.29, 1.82) is 0 Å². The molecule has 0 radical (unpaired) electrons. The van der Waals surface area contributed by atoms with Crippen LogP contribution in [0.25, 0.3) is 11.4 Å². The van der Waals surface area contributed by atoms with E-state index in [4.69, 9.17) is 14.0 Å². The summed E-state index contributed by atoms with van der Waals surface area (Å²) < 4.78 is 15.4. The van der Waals surface area contributed by atoms with Crippen LogP contribution in [0.3, 0.4) is 0 Å². The summed E-state index contributed by atoms with van der Waals surface area (Å²) in [6, 6.07) is 3.63. The molecule has 2 aromatic heterocycles. The predicted octanol–water partition coefficient (Wildman–Crippen LogP) is 1.98. The van der Waals surface area contributed by atoms with Crippen LogP contribution in [0.15, 0.2) is 29.0 Å². The lowest BCUT2D eigenvalue weighted by atomic mass is 9.92. The third kappa shape index (κ3) is 3.91. The van der Waals surface area contributed by atoms with Gasteiger partial charge in [0.1, 0.15) is 6.61 Å². The molecule has 2 fully saturated rings. The minimum absolute atomic E-state index is 0.0870. The number of likely N-dealkylation sites (tertiary alicyclic amines) is 1. The van der Waals surface area contributed by atoms with Crippen molar-refractivity contribution >= 4 is 12.1 Å². The van der Waals surface area contributed by atoms with Crippen molar-refractivity contribution in [2.75, 3.05) is 19.7 Å². The van der Waals surface area contributed by atoms with Crippen molar-refractivity contribution in [2.45, 2.75) is 37.7 Å². The lowest BCUT2D eigenvalue weighted by Crippen LogP contribution is -2.48. The van der Waals surface area contributed by atoms with E-state index in [1.165, 1.54) is 0 Å². The second kappa shape index (κ2) is 7.34. The number of cyclic esters (lactones) is 1. The van der Waals surface area contributed by atoms with Gasteiger partial charge in [-0.2, -0.15) is 4.98 Å². The van der Waals surface area contributed by atoms with Gasteiger partial charge in [-0.15, -0.1) is 0 Å². The van der Waals surface area contributed by atoms with E-state index in [1.807, 2.05) is 17.0 Å². The van der Waals surface area contributed by atoms with Crippen molar-refractivity contribution < 1.29 is 23.6 Å². The second-order valence-electron chi connectivity index (χ2n) is 6.81. The molecular formula is C18H20N4O5. The summed E-state index contributed by atoms with van der Waals surface area (Å²) in [7, 11) is 0.